The molecule has 0 radical (unpaired) electrons. The van der Waals surface area contributed by atoms with E-state index in [1.54, 1.807) is 0 Å². The first kappa shape index (κ1) is 9.90. The Labute approximate surface area is 79.9 Å². The molecular formula is C11H18N2. The summed E-state index contributed by atoms with van der Waals surface area (Å²) in [6, 6.07) is 1.97. The van der Waals surface area contributed by atoms with E-state index in [2.05, 4.69) is 13.8 Å². The maximum Gasteiger partial charge on any atom is 0.0380 e. The third-order valence-corrected chi connectivity index (χ3v) is 2.54. The van der Waals surface area contributed by atoms with Gasteiger partial charge in [-0.1, -0.05) is 13.8 Å². The molecule has 0 aliphatic rings. The third kappa shape index (κ3) is 1.62. The van der Waals surface area contributed by atoms with Gasteiger partial charge in [0.15, 0.2) is 0 Å². The van der Waals surface area contributed by atoms with Crippen LogP contribution < -0.4 is 11.5 Å². The van der Waals surface area contributed by atoms with Crippen LogP contribution in [-0.2, 0) is 12.8 Å². The number of benzene rings is 1. The number of aryl methyl sites for hydroxylation is 1. The largest absolute Gasteiger partial charge is 0.398 e. The molecule has 13 heavy (non-hydrogen) atoms. The van der Waals surface area contributed by atoms with Gasteiger partial charge in [-0.15, -0.1) is 0 Å². The Bertz CT molecular complexity index is 316. The van der Waals surface area contributed by atoms with Crippen molar-refractivity contribution in [1.29, 1.82) is 0 Å². The van der Waals surface area contributed by atoms with Gasteiger partial charge in [-0.05, 0) is 42.5 Å². The fourth-order valence-corrected chi connectivity index (χ4v) is 1.79. The molecule has 0 fully saturated rings. The average molecular weight is 178 g/mol. The normalized spacial score (nSPS) is 10.4. The first-order valence-electron chi connectivity index (χ1n) is 4.78. The van der Waals surface area contributed by atoms with Crippen molar-refractivity contribution in [3.8, 4) is 0 Å². The molecule has 0 saturated carbocycles. The van der Waals surface area contributed by atoms with Crippen LogP contribution in [0.5, 0.6) is 0 Å². The van der Waals surface area contributed by atoms with E-state index >= 15 is 0 Å². The van der Waals surface area contributed by atoms with Crippen LogP contribution in [0.25, 0.3) is 0 Å². The molecule has 2 nitrogen and oxygen atoms in total. The van der Waals surface area contributed by atoms with Gasteiger partial charge in [-0.2, -0.15) is 0 Å². The van der Waals surface area contributed by atoms with Gasteiger partial charge in [-0.3, -0.25) is 0 Å². The summed E-state index contributed by atoms with van der Waals surface area (Å²) in [5.74, 6) is 0. The maximum absolute atomic E-state index is 5.98. The van der Waals surface area contributed by atoms with Crippen molar-refractivity contribution >= 4 is 11.4 Å². The zero-order chi connectivity index (χ0) is 10.0. The number of nitrogen functional groups attached to an aromatic ring is 2. The summed E-state index contributed by atoms with van der Waals surface area (Å²) in [4.78, 5) is 0. The van der Waals surface area contributed by atoms with E-state index in [9.17, 15) is 0 Å². The molecule has 0 aliphatic carbocycles. The van der Waals surface area contributed by atoms with Crippen LogP contribution in [0.15, 0.2) is 6.07 Å². The van der Waals surface area contributed by atoms with Crippen molar-refractivity contribution in [2.45, 2.75) is 33.6 Å². The molecule has 0 bridgehead atoms. The molecule has 1 rings (SSSR count). The topological polar surface area (TPSA) is 52.0 Å². The molecule has 0 aromatic heterocycles. The zero-order valence-corrected chi connectivity index (χ0v) is 8.65. The second-order valence-corrected chi connectivity index (χ2v) is 3.36. The number of anilines is 2. The molecule has 0 saturated heterocycles. The molecule has 4 N–H and O–H groups in total. The molecule has 72 valence electrons. The highest BCUT2D eigenvalue weighted by molar-refractivity contribution is 5.66. The highest BCUT2D eigenvalue weighted by Crippen LogP contribution is 2.27. The number of hydrogen-bond acceptors (Lipinski definition) is 2. The van der Waals surface area contributed by atoms with Crippen molar-refractivity contribution in [3.63, 3.8) is 0 Å². The van der Waals surface area contributed by atoms with E-state index in [1.165, 1.54) is 11.1 Å². The summed E-state index contributed by atoms with van der Waals surface area (Å²) in [7, 11) is 0. The van der Waals surface area contributed by atoms with Gasteiger partial charge in [0.1, 0.15) is 0 Å². The van der Waals surface area contributed by atoms with Gasteiger partial charge in [0.25, 0.3) is 0 Å². The van der Waals surface area contributed by atoms with Gasteiger partial charge in [-0.25, -0.2) is 0 Å². The van der Waals surface area contributed by atoms with Crippen LogP contribution in [0.4, 0.5) is 11.4 Å². The standard InChI is InChI=1S/C11H18N2/c1-4-8-9(5-2)11(13)7(3)6-10(8)12/h6H,4-5,12-13H2,1-3H3. The Hall–Kier alpha value is -1.18. The van der Waals surface area contributed by atoms with Gasteiger partial charge in [0, 0.05) is 11.4 Å². The number of rotatable bonds is 2. The van der Waals surface area contributed by atoms with Crippen molar-refractivity contribution in [1.82, 2.24) is 0 Å². The lowest BCUT2D eigenvalue weighted by atomic mass is 9.96. The highest BCUT2D eigenvalue weighted by Gasteiger charge is 2.09. The molecule has 1 aromatic carbocycles. The molecule has 0 heterocycles. The predicted octanol–water partition coefficient (Wildman–Crippen LogP) is 2.28. The van der Waals surface area contributed by atoms with Crippen LogP contribution in [0, 0.1) is 6.92 Å². The summed E-state index contributed by atoms with van der Waals surface area (Å²) < 4.78 is 0. The molecule has 0 atom stereocenters. The first-order chi connectivity index (χ1) is 6.11. The van der Waals surface area contributed by atoms with E-state index in [4.69, 9.17) is 11.5 Å². The Morgan fingerprint density at radius 2 is 1.62 bits per heavy atom. The van der Waals surface area contributed by atoms with Crippen LogP contribution in [0.2, 0.25) is 0 Å². The monoisotopic (exact) mass is 178 g/mol. The minimum absolute atomic E-state index is 0.881. The molecule has 0 amide bonds. The van der Waals surface area contributed by atoms with E-state index in [-0.39, 0.29) is 0 Å². The summed E-state index contributed by atoms with van der Waals surface area (Å²) >= 11 is 0. The predicted molar refractivity (Wildman–Crippen MR) is 58.8 cm³/mol. The van der Waals surface area contributed by atoms with Gasteiger partial charge < -0.3 is 11.5 Å². The van der Waals surface area contributed by atoms with E-state index in [0.29, 0.717) is 0 Å². The van der Waals surface area contributed by atoms with Gasteiger partial charge >= 0.3 is 0 Å². The summed E-state index contributed by atoms with van der Waals surface area (Å²) in [6.45, 7) is 6.23. The molecular weight excluding hydrogens is 160 g/mol. The van der Waals surface area contributed by atoms with Crippen molar-refractivity contribution in [2.24, 2.45) is 0 Å². The van der Waals surface area contributed by atoms with E-state index in [1.807, 2.05) is 13.0 Å². The Morgan fingerprint density at radius 3 is 2.08 bits per heavy atom. The fraction of sp³-hybridized carbons (Fsp3) is 0.455. The highest BCUT2D eigenvalue weighted by atomic mass is 14.6. The van der Waals surface area contributed by atoms with Gasteiger partial charge in [0.05, 0.1) is 0 Å². The van der Waals surface area contributed by atoms with Crippen LogP contribution in [0.1, 0.15) is 30.5 Å². The van der Waals surface area contributed by atoms with Crippen LogP contribution in [-0.4, -0.2) is 0 Å². The molecule has 0 unspecified atom stereocenters. The Morgan fingerprint density at radius 1 is 1.08 bits per heavy atom. The quantitative estimate of drug-likeness (QED) is 0.683. The van der Waals surface area contributed by atoms with E-state index < -0.39 is 0 Å². The minimum Gasteiger partial charge on any atom is -0.398 e. The summed E-state index contributed by atoms with van der Waals surface area (Å²) in [5, 5.41) is 0. The molecule has 0 aliphatic heterocycles. The van der Waals surface area contributed by atoms with E-state index in [0.717, 1.165) is 29.8 Å². The smallest absolute Gasteiger partial charge is 0.0380 e. The summed E-state index contributed by atoms with van der Waals surface area (Å²) in [5.41, 5.74) is 17.2. The average Bonchev–Trinajstić information content (AvgIpc) is 2.10. The summed E-state index contributed by atoms with van der Waals surface area (Å²) in [6.07, 6.45) is 1.92. The van der Waals surface area contributed by atoms with Crippen molar-refractivity contribution in [2.75, 3.05) is 11.5 Å². The maximum atomic E-state index is 5.98. The number of hydrogen-bond donors (Lipinski definition) is 2. The molecule has 1 aromatic rings. The Balaban J connectivity index is 3.41. The first-order valence-corrected chi connectivity index (χ1v) is 4.78. The lowest BCUT2D eigenvalue weighted by Gasteiger charge is -2.14. The lowest BCUT2D eigenvalue weighted by molar-refractivity contribution is 1.04. The van der Waals surface area contributed by atoms with Crippen molar-refractivity contribution < 1.29 is 0 Å². The van der Waals surface area contributed by atoms with Gasteiger partial charge in [0.2, 0.25) is 0 Å². The third-order valence-electron chi connectivity index (χ3n) is 2.54. The SMILES string of the molecule is CCc1c(N)cc(C)c(N)c1CC. The minimum atomic E-state index is 0.881. The van der Waals surface area contributed by atoms with Crippen LogP contribution >= 0.6 is 0 Å². The number of nitrogens with two attached hydrogens (primary N) is 2. The molecule has 2 heteroatoms. The second kappa shape index (κ2) is 3.69. The Kier molecular flexibility index (Phi) is 2.81. The lowest BCUT2D eigenvalue weighted by Crippen LogP contribution is -2.05. The molecule has 0 spiro atoms. The fourth-order valence-electron chi connectivity index (χ4n) is 1.79. The van der Waals surface area contributed by atoms with Crippen molar-refractivity contribution in [3.05, 3.63) is 22.8 Å². The van der Waals surface area contributed by atoms with Crippen LogP contribution in [0.3, 0.4) is 0 Å². The zero-order valence-electron chi connectivity index (χ0n) is 8.65. The second-order valence-electron chi connectivity index (χ2n) is 3.36.